The van der Waals surface area contributed by atoms with E-state index >= 15 is 0 Å². The molecule has 0 fully saturated rings. The largest absolute Gasteiger partial charge is 0.335 e. The van der Waals surface area contributed by atoms with Crippen molar-refractivity contribution in [2.75, 3.05) is 17.2 Å². The van der Waals surface area contributed by atoms with Crippen molar-refractivity contribution in [1.29, 1.82) is 0 Å². The van der Waals surface area contributed by atoms with E-state index in [9.17, 15) is 13.0 Å². The summed E-state index contributed by atoms with van der Waals surface area (Å²) in [4.78, 5) is 3.78. The van der Waals surface area contributed by atoms with Crippen LogP contribution in [-0.4, -0.2) is 25.3 Å². The highest BCUT2D eigenvalue weighted by Gasteiger charge is 2.28. The predicted octanol–water partition coefficient (Wildman–Crippen LogP) is 11.5. The van der Waals surface area contributed by atoms with Gasteiger partial charge in [0.15, 0.2) is 6.54 Å². The third kappa shape index (κ3) is 8.16. The normalized spacial score (nSPS) is 18.7. The Bertz CT molecular complexity index is 2370. The van der Waals surface area contributed by atoms with Crippen LogP contribution in [0.25, 0.3) is 38.5 Å². The van der Waals surface area contributed by atoms with Crippen molar-refractivity contribution in [3.8, 4) is 22.3 Å². The zero-order valence-electron chi connectivity index (χ0n) is 30.1. The molecule has 1 unspecified atom stereocenters. The Hall–Kier alpha value is -4.21. The molecule has 1 aliphatic heterocycles. The van der Waals surface area contributed by atoms with E-state index in [0.717, 1.165) is 38.8 Å². The maximum Gasteiger partial charge on any atom is 0.264 e. The summed E-state index contributed by atoms with van der Waals surface area (Å²) in [6.45, 7) is 3.96. The second-order valence-corrected chi connectivity index (χ2v) is 17.9. The van der Waals surface area contributed by atoms with Gasteiger partial charge < -0.3 is 4.90 Å². The first-order valence-corrected chi connectivity index (χ1v) is 22.0. The second kappa shape index (κ2) is 15.6. The van der Waals surface area contributed by atoms with Crippen LogP contribution in [0.2, 0.25) is 0 Å². The van der Waals surface area contributed by atoms with Crippen LogP contribution in [0.4, 0.5) is 5.69 Å². The Morgan fingerprint density at radius 1 is 0.811 bits per heavy atom. The summed E-state index contributed by atoms with van der Waals surface area (Å²) in [5, 5.41) is 2.53. The number of thiazole rings is 1. The predicted molar refractivity (Wildman–Crippen MR) is 223 cm³/mol. The minimum Gasteiger partial charge on any atom is -0.335 e. The smallest absolute Gasteiger partial charge is 0.264 e. The van der Waals surface area contributed by atoms with Crippen molar-refractivity contribution in [3.63, 3.8) is 0 Å². The van der Waals surface area contributed by atoms with E-state index in [-0.39, 0.29) is 5.75 Å². The minimum atomic E-state index is -3.94. The summed E-state index contributed by atoms with van der Waals surface area (Å²) in [6.07, 6.45) is 16.3. The summed E-state index contributed by atoms with van der Waals surface area (Å²) in [5.41, 5.74) is 11.6. The third-order valence-corrected chi connectivity index (χ3v) is 13.7. The summed E-state index contributed by atoms with van der Waals surface area (Å²) in [7, 11) is -3.94. The lowest BCUT2D eigenvalue weighted by Gasteiger charge is -2.28. The highest BCUT2D eigenvalue weighted by atomic mass is 32.2. The average molecular weight is 758 g/mol. The van der Waals surface area contributed by atoms with Gasteiger partial charge in [0.1, 0.15) is 4.70 Å². The number of hydrogen-bond acceptors (Lipinski definition) is 5. The van der Waals surface area contributed by atoms with Gasteiger partial charge in [0.2, 0.25) is 5.52 Å². The van der Waals surface area contributed by atoms with Crippen molar-refractivity contribution >= 4 is 55.2 Å². The number of benzene rings is 4. The molecule has 53 heavy (non-hydrogen) atoms. The molecule has 3 aliphatic rings. The molecule has 1 aromatic heterocycles. The van der Waals surface area contributed by atoms with Crippen LogP contribution in [-0.2, 0) is 16.7 Å². The molecule has 270 valence electrons. The van der Waals surface area contributed by atoms with Gasteiger partial charge in [-0.2, -0.15) is 13.0 Å². The molecular weight excluding hydrogens is 713 g/mol. The Labute approximate surface area is 321 Å². The summed E-state index contributed by atoms with van der Waals surface area (Å²) >= 11 is 3.71. The molecule has 1 atom stereocenters. The lowest BCUT2D eigenvalue weighted by atomic mass is 9.77. The highest BCUT2D eigenvalue weighted by Crippen LogP contribution is 2.48. The van der Waals surface area contributed by atoms with Crippen LogP contribution in [0.3, 0.4) is 0 Å². The number of thioether (sulfide) groups is 1. The molecule has 0 radical (unpaired) electrons. The van der Waals surface area contributed by atoms with Crippen LogP contribution < -0.4 is 9.47 Å². The summed E-state index contributed by atoms with van der Waals surface area (Å²) < 4.78 is 35.5. The molecule has 8 rings (SSSR count). The molecule has 5 nitrogen and oxygen atoms in total. The molecular formula is C45H45N2O3S3+. The monoisotopic (exact) mass is 757 g/mol. The Kier molecular flexibility index (Phi) is 10.6. The number of aryl methyl sites for hydroxylation is 1. The maximum absolute atomic E-state index is 11.3. The van der Waals surface area contributed by atoms with E-state index < -0.39 is 10.1 Å². The molecule has 0 saturated heterocycles. The Morgan fingerprint density at radius 2 is 1.53 bits per heavy atom. The molecule has 0 bridgehead atoms. The molecule has 0 spiro atoms. The fraction of sp³-hybridized carbons (Fsp3) is 0.267. The van der Waals surface area contributed by atoms with Gasteiger partial charge in [0, 0.05) is 30.0 Å². The van der Waals surface area contributed by atoms with Crippen LogP contribution >= 0.6 is 23.1 Å². The first-order chi connectivity index (χ1) is 25.8. The van der Waals surface area contributed by atoms with Crippen molar-refractivity contribution in [2.45, 2.75) is 63.3 Å². The van der Waals surface area contributed by atoms with Crippen molar-refractivity contribution < 1.29 is 17.5 Å². The Morgan fingerprint density at radius 3 is 2.26 bits per heavy atom. The first kappa shape index (κ1) is 35.8. The highest BCUT2D eigenvalue weighted by molar-refractivity contribution is 8.03. The molecule has 8 heteroatoms. The van der Waals surface area contributed by atoms with Gasteiger partial charge in [-0.05, 0) is 115 Å². The van der Waals surface area contributed by atoms with E-state index in [0.29, 0.717) is 12.3 Å². The van der Waals surface area contributed by atoms with Gasteiger partial charge in [-0.25, -0.2) is 0 Å². The number of hydrogen-bond donors (Lipinski definition) is 1. The van der Waals surface area contributed by atoms with E-state index in [1.807, 2.05) is 29.2 Å². The number of aromatic nitrogens is 1. The SMILES string of the molecule is CCN1/C(=C/C2=CC3=C/C(=C/c4sc5ccc(-c6ccccc6)cc5[n+]4CCCCCS(=O)(=O)O)CCC3CC2)Sc2ccc(-c3ccccc3)cc21. The number of allylic oxidation sites excluding steroid dienone is 6. The molecule has 0 amide bonds. The number of anilines is 1. The minimum absolute atomic E-state index is 0.185. The zero-order valence-corrected chi connectivity index (χ0v) is 32.5. The van der Waals surface area contributed by atoms with E-state index in [1.165, 1.54) is 82.7 Å². The first-order valence-electron chi connectivity index (χ1n) is 18.8. The van der Waals surface area contributed by atoms with Gasteiger partial charge in [-0.3, -0.25) is 4.55 Å². The molecule has 1 N–H and O–H groups in total. The van der Waals surface area contributed by atoms with Crippen LogP contribution in [0.5, 0.6) is 0 Å². The lowest BCUT2D eigenvalue weighted by Crippen LogP contribution is -2.35. The fourth-order valence-electron chi connectivity index (χ4n) is 7.88. The van der Waals surface area contributed by atoms with Gasteiger partial charge >= 0.3 is 0 Å². The second-order valence-electron chi connectivity index (χ2n) is 14.2. The zero-order chi connectivity index (χ0) is 36.4. The van der Waals surface area contributed by atoms with Crippen LogP contribution in [0, 0.1) is 5.92 Å². The van der Waals surface area contributed by atoms with Gasteiger partial charge in [-0.1, -0.05) is 108 Å². The number of fused-ring (bicyclic) bond motifs is 3. The summed E-state index contributed by atoms with van der Waals surface area (Å²) in [6, 6.07) is 34.7. The topological polar surface area (TPSA) is 61.5 Å². The molecule has 2 aliphatic carbocycles. The van der Waals surface area contributed by atoms with Crippen molar-refractivity contribution in [3.05, 3.63) is 142 Å². The Balaban J connectivity index is 1.07. The number of nitrogens with zero attached hydrogens (tertiary/aromatic N) is 2. The van der Waals surface area contributed by atoms with Gasteiger partial charge in [-0.15, -0.1) is 0 Å². The standard InChI is InChI=1S/C45H44N2O3S3/c1-2-46-40-30-37(34-12-6-3-7-13-34)20-22-42(40)51-44(46)28-32-16-18-36-19-17-33(27-39(36)26-32)29-45-47(24-10-5-11-25-53(48,49)50)41-31-38(21-23-43(41)52-45)35-14-8-4-9-15-35/h3-4,6-9,12-15,20-23,26-31,36H,2,5,10-11,16-19,24-25H2,1H3/p+1. The quantitative estimate of drug-likeness (QED) is 0.0826. The van der Waals surface area contributed by atoms with Crippen molar-refractivity contribution in [1.82, 2.24) is 0 Å². The lowest BCUT2D eigenvalue weighted by molar-refractivity contribution is -0.669. The van der Waals surface area contributed by atoms with E-state index in [4.69, 9.17) is 0 Å². The van der Waals surface area contributed by atoms with Gasteiger partial charge in [0.05, 0.1) is 16.5 Å². The third-order valence-electron chi connectivity index (χ3n) is 10.6. The van der Waals surface area contributed by atoms with Gasteiger partial charge in [0.25, 0.3) is 15.1 Å². The average Bonchev–Trinajstić information content (AvgIpc) is 3.70. The van der Waals surface area contributed by atoms with E-state index in [2.05, 4.69) is 132 Å². The molecule has 2 heterocycles. The summed E-state index contributed by atoms with van der Waals surface area (Å²) in [5.74, 6) is 0.416. The molecule has 0 saturated carbocycles. The number of unbranched alkanes of at least 4 members (excludes halogenated alkanes) is 2. The molecule has 5 aromatic rings. The fourth-order valence-corrected chi connectivity index (χ4v) is 10.8. The van der Waals surface area contributed by atoms with E-state index in [1.54, 1.807) is 0 Å². The molecule has 4 aromatic carbocycles. The van der Waals surface area contributed by atoms with Crippen LogP contribution in [0.15, 0.2) is 142 Å². The van der Waals surface area contributed by atoms with Crippen LogP contribution in [0.1, 0.15) is 56.9 Å². The van der Waals surface area contributed by atoms with Crippen molar-refractivity contribution in [2.24, 2.45) is 5.92 Å². The number of rotatable bonds is 11. The maximum atomic E-state index is 11.3.